The van der Waals surface area contributed by atoms with E-state index in [1.165, 1.54) is 0 Å². The molecule has 0 radical (unpaired) electrons. The van der Waals surface area contributed by atoms with Gasteiger partial charge in [0.1, 0.15) is 5.82 Å². The van der Waals surface area contributed by atoms with Crippen molar-refractivity contribution in [1.82, 2.24) is 20.8 Å². The first kappa shape index (κ1) is 10.5. The van der Waals surface area contributed by atoms with Crippen LogP contribution < -0.4 is 16.4 Å². The van der Waals surface area contributed by atoms with Crippen LogP contribution >= 0.6 is 0 Å². The second-order valence-corrected chi connectivity index (χ2v) is 3.73. The van der Waals surface area contributed by atoms with E-state index in [-0.39, 0.29) is 24.2 Å². The monoisotopic (exact) mass is 223 g/mol. The molecular weight excluding hydrogens is 210 g/mol. The number of anilines is 1. The van der Waals surface area contributed by atoms with Crippen molar-refractivity contribution in [3.8, 4) is 0 Å². The Balaban J connectivity index is 1.84. The van der Waals surface area contributed by atoms with E-state index in [9.17, 15) is 9.59 Å². The standard InChI is InChI=1S/C9H13N5O2/c10-8-6(4-13-14-8)3-12-9(16)5-1-7(15)11-2-5/h4-5H,1-3H2,(H,11,15)(H,12,16)(H3,10,13,14). The zero-order valence-corrected chi connectivity index (χ0v) is 8.62. The van der Waals surface area contributed by atoms with E-state index >= 15 is 0 Å². The number of carbonyl (C=O) groups is 2. The highest BCUT2D eigenvalue weighted by Crippen LogP contribution is 2.10. The molecule has 5 N–H and O–H groups in total. The van der Waals surface area contributed by atoms with Crippen LogP contribution in [0.4, 0.5) is 5.82 Å². The molecule has 0 aromatic carbocycles. The van der Waals surface area contributed by atoms with Crippen LogP contribution in [0.1, 0.15) is 12.0 Å². The van der Waals surface area contributed by atoms with Crippen LogP contribution in [0.25, 0.3) is 0 Å². The third-order valence-corrected chi connectivity index (χ3v) is 2.55. The highest BCUT2D eigenvalue weighted by molar-refractivity contribution is 5.89. The number of hydrogen-bond donors (Lipinski definition) is 4. The van der Waals surface area contributed by atoms with Gasteiger partial charge in [-0.25, -0.2) is 0 Å². The molecule has 7 nitrogen and oxygen atoms in total. The second kappa shape index (κ2) is 4.21. The zero-order valence-electron chi connectivity index (χ0n) is 8.62. The van der Waals surface area contributed by atoms with Crippen LogP contribution in [0.3, 0.4) is 0 Å². The van der Waals surface area contributed by atoms with E-state index in [2.05, 4.69) is 20.8 Å². The summed E-state index contributed by atoms with van der Waals surface area (Å²) in [6, 6.07) is 0. The van der Waals surface area contributed by atoms with Gasteiger partial charge >= 0.3 is 0 Å². The largest absolute Gasteiger partial charge is 0.384 e. The number of amides is 2. The maximum Gasteiger partial charge on any atom is 0.225 e. The number of hydrogen-bond acceptors (Lipinski definition) is 4. The first-order valence-corrected chi connectivity index (χ1v) is 4.99. The summed E-state index contributed by atoms with van der Waals surface area (Å²) in [7, 11) is 0. The zero-order chi connectivity index (χ0) is 11.5. The van der Waals surface area contributed by atoms with Gasteiger partial charge in [-0.1, -0.05) is 0 Å². The topological polar surface area (TPSA) is 113 Å². The van der Waals surface area contributed by atoms with Gasteiger partial charge in [-0.15, -0.1) is 0 Å². The molecule has 1 aromatic heterocycles. The summed E-state index contributed by atoms with van der Waals surface area (Å²) < 4.78 is 0. The van der Waals surface area contributed by atoms with Crippen LogP contribution in [0, 0.1) is 5.92 Å². The van der Waals surface area contributed by atoms with Crippen molar-refractivity contribution >= 4 is 17.6 Å². The van der Waals surface area contributed by atoms with Crippen LogP contribution in [0.15, 0.2) is 6.20 Å². The van der Waals surface area contributed by atoms with Gasteiger partial charge in [0.2, 0.25) is 11.8 Å². The Kier molecular flexibility index (Phi) is 2.76. The Bertz CT molecular complexity index is 414. The lowest BCUT2D eigenvalue weighted by Gasteiger charge is -2.08. The Hall–Kier alpha value is -2.05. The molecule has 16 heavy (non-hydrogen) atoms. The first-order valence-electron chi connectivity index (χ1n) is 4.99. The van der Waals surface area contributed by atoms with Gasteiger partial charge in [0, 0.05) is 25.1 Å². The number of aromatic amines is 1. The van der Waals surface area contributed by atoms with Gasteiger partial charge in [-0.05, 0) is 0 Å². The van der Waals surface area contributed by atoms with Crippen LogP contribution in [-0.2, 0) is 16.1 Å². The van der Waals surface area contributed by atoms with Gasteiger partial charge in [0.05, 0.1) is 12.1 Å². The van der Waals surface area contributed by atoms with Crippen molar-refractivity contribution in [2.24, 2.45) is 5.92 Å². The molecule has 1 aliphatic rings. The normalized spacial score (nSPS) is 19.5. The van der Waals surface area contributed by atoms with Gasteiger partial charge in [0.25, 0.3) is 0 Å². The van der Waals surface area contributed by atoms with E-state index in [0.29, 0.717) is 18.9 Å². The minimum Gasteiger partial charge on any atom is -0.384 e. The molecule has 1 fully saturated rings. The molecule has 0 aliphatic carbocycles. The minimum absolute atomic E-state index is 0.0806. The predicted molar refractivity (Wildman–Crippen MR) is 56.0 cm³/mol. The lowest BCUT2D eigenvalue weighted by molar-refractivity contribution is -0.126. The Morgan fingerprint density at radius 3 is 3.06 bits per heavy atom. The molecule has 2 heterocycles. The van der Waals surface area contributed by atoms with Crippen molar-refractivity contribution in [1.29, 1.82) is 0 Å². The van der Waals surface area contributed by atoms with Crippen LogP contribution in [-0.4, -0.2) is 28.6 Å². The maximum absolute atomic E-state index is 11.6. The fourth-order valence-corrected chi connectivity index (χ4v) is 1.58. The van der Waals surface area contributed by atoms with Gasteiger partial charge < -0.3 is 16.4 Å². The fourth-order valence-electron chi connectivity index (χ4n) is 1.58. The first-order chi connectivity index (χ1) is 7.66. The van der Waals surface area contributed by atoms with E-state index in [1.807, 2.05) is 0 Å². The number of nitrogens with zero attached hydrogens (tertiary/aromatic N) is 1. The number of nitrogens with two attached hydrogens (primary N) is 1. The number of aromatic nitrogens is 2. The molecule has 1 atom stereocenters. The van der Waals surface area contributed by atoms with Crippen molar-refractivity contribution in [3.63, 3.8) is 0 Å². The average Bonchev–Trinajstić information content (AvgIpc) is 2.84. The Morgan fingerprint density at radius 1 is 1.69 bits per heavy atom. The summed E-state index contributed by atoms with van der Waals surface area (Å²) >= 11 is 0. The van der Waals surface area contributed by atoms with Crippen molar-refractivity contribution in [2.45, 2.75) is 13.0 Å². The lowest BCUT2D eigenvalue weighted by atomic mass is 10.1. The Labute approximate surface area is 91.8 Å². The lowest BCUT2D eigenvalue weighted by Crippen LogP contribution is -2.31. The predicted octanol–water partition coefficient (Wildman–Crippen LogP) is -1.26. The summed E-state index contributed by atoms with van der Waals surface area (Å²) in [5.41, 5.74) is 6.31. The molecule has 0 spiro atoms. The second-order valence-electron chi connectivity index (χ2n) is 3.73. The SMILES string of the molecule is Nc1[nH]ncc1CNC(=O)C1CNC(=O)C1. The average molecular weight is 223 g/mol. The molecular formula is C9H13N5O2. The summed E-state index contributed by atoms with van der Waals surface area (Å²) in [5.74, 6) is -0.0523. The van der Waals surface area contributed by atoms with E-state index in [1.54, 1.807) is 6.20 Å². The molecule has 1 aromatic rings. The summed E-state index contributed by atoms with van der Waals surface area (Å²) in [6.07, 6.45) is 1.82. The van der Waals surface area contributed by atoms with E-state index in [4.69, 9.17) is 5.73 Å². The smallest absolute Gasteiger partial charge is 0.225 e. The van der Waals surface area contributed by atoms with Gasteiger partial charge in [0.15, 0.2) is 0 Å². The number of H-pyrrole nitrogens is 1. The minimum atomic E-state index is -0.277. The quantitative estimate of drug-likeness (QED) is 0.512. The maximum atomic E-state index is 11.6. The number of nitrogens with one attached hydrogen (secondary N) is 3. The summed E-state index contributed by atoms with van der Waals surface area (Å²) in [5, 5.41) is 11.6. The number of nitrogen functional groups attached to an aromatic ring is 1. The number of carbonyl (C=O) groups excluding carboxylic acids is 2. The van der Waals surface area contributed by atoms with Gasteiger partial charge in [-0.2, -0.15) is 5.10 Å². The van der Waals surface area contributed by atoms with Gasteiger partial charge in [-0.3, -0.25) is 14.7 Å². The summed E-state index contributed by atoms with van der Waals surface area (Å²) in [6.45, 7) is 0.734. The molecule has 0 bridgehead atoms. The molecule has 1 saturated heterocycles. The highest BCUT2D eigenvalue weighted by atomic mass is 16.2. The van der Waals surface area contributed by atoms with Crippen molar-refractivity contribution in [2.75, 3.05) is 12.3 Å². The van der Waals surface area contributed by atoms with Crippen molar-refractivity contribution in [3.05, 3.63) is 11.8 Å². The van der Waals surface area contributed by atoms with Crippen LogP contribution in [0.5, 0.6) is 0 Å². The molecule has 86 valence electrons. The molecule has 2 rings (SSSR count). The van der Waals surface area contributed by atoms with E-state index < -0.39 is 0 Å². The fraction of sp³-hybridized carbons (Fsp3) is 0.444. The summed E-state index contributed by atoms with van der Waals surface area (Å²) in [4.78, 5) is 22.5. The van der Waals surface area contributed by atoms with Crippen LogP contribution in [0.2, 0.25) is 0 Å². The van der Waals surface area contributed by atoms with Crippen molar-refractivity contribution < 1.29 is 9.59 Å². The Morgan fingerprint density at radius 2 is 2.50 bits per heavy atom. The third-order valence-electron chi connectivity index (χ3n) is 2.55. The molecule has 0 saturated carbocycles. The number of rotatable bonds is 3. The third kappa shape index (κ3) is 2.13. The molecule has 2 amide bonds. The molecule has 1 unspecified atom stereocenters. The van der Waals surface area contributed by atoms with E-state index in [0.717, 1.165) is 5.56 Å². The molecule has 1 aliphatic heterocycles. The molecule has 7 heteroatoms. The highest BCUT2D eigenvalue weighted by Gasteiger charge is 2.27.